The second kappa shape index (κ2) is 11.8. The molecule has 0 saturated carbocycles. The van der Waals surface area contributed by atoms with Crippen molar-refractivity contribution < 1.29 is 18.0 Å². The van der Waals surface area contributed by atoms with Gasteiger partial charge in [-0.3, -0.25) is 13.9 Å². The topological polar surface area (TPSA) is 86.8 Å². The molecule has 0 aromatic heterocycles. The van der Waals surface area contributed by atoms with Gasteiger partial charge in [0.05, 0.1) is 11.9 Å². The molecule has 2 amide bonds. The van der Waals surface area contributed by atoms with Crippen LogP contribution in [-0.4, -0.2) is 57.1 Å². The quantitative estimate of drug-likeness (QED) is 0.543. The van der Waals surface area contributed by atoms with Crippen LogP contribution in [0.2, 0.25) is 0 Å². The third-order valence-corrected chi connectivity index (χ3v) is 6.67. The first-order valence-electron chi connectivity index (χ1n) is 11.2. The molecular formula is C25H35N3O4S. The normalized spacial score (nSPS) is 12.3. The van der Waals surface area contributed by atoms with Crippen LogP contribution in [0.25, 0.3) is 0 Å². The van der Waals surface area contributed by atoms with Crippen LogP contribution in [0.5, 0.6) is 0 Å². The Morgan fingerprint density at radius 1 is 0.970 bits per heavy atom. The number of hydrogen-bond donors (Lipinski definition) is 1. The molecule has 2 aromatic carbocycles. The van der Waals surface area contributed by atoms with Crippen molar-refractivity contribution in [2.75, 3.05) is 30.2 Å². The number of carbonyl (C=O) groups excluding carboxylic acids is 2. The molecule has 0 bridgehead atoms. The maximum atomic E-state index is 13.4. The average Bonchev–Trinajstić information content (AvgIpc) is 2.77. The van der Waals surface area contributed by atoms with Gasteiger partial charge in [0.1, 0.15) is 12.6 Å². The summed E-state index contributed by atoms with van der Waals surface area (Å²) in [5.74, 6) is -0.395. The zero-order valence-electron chi connectivity index (χ0n) is 20.1. The van der Waals surface area contributed by atoms with E-state index in [4.69, 9.17) is 0 Å². The van der Waals surface area contributed by atoms with Gasteiger partial charge in [0.2, 0.25) is 21.8 Å². The molecule has 0 unspecified atom stereocenters. The molecular weight excluding hydrogens is 438 g/mol. The number of nitrogens with one attached hydrogen (secondary N) is 1. The second-order valence-electron chi connectivity index (χ2n) is 8.41. The van der Waals surface area contributed by atoms with Gasteiger partial charge >= 0.3 is 0 Å². The van der Waals surface area contributed by atoms with Crippen molar-refractivity contribution in [3.8, 4) is 0 Å². The summed E-state index contributed by atoms with van der Waals surface area (Å²) < 4.78 is 26.2. The molecule has 0 aliphatic carbocycles. The van der Waals surface area contributed by atoms with E-state index in [1.54, 1.807) is 19.1 Å². The van der Waals surface area contributed by atoms with Gasteiger partial charge in [-0.25, -0.2) is 8.42 Å². The lowest BCUT2D eigenvalue weighted by Gasteiger charge is -2.31. The van der Waals surface area contributed by atoms with Crippen LogP contribution in [0.1, 0.15) is 44.7 Å². The first kappa shape index (κ1) is 26.4. The Balaban J connectivity index is 2.29. The number of rotatable bonds is 11. The zero-order chi connectivity index (χ0) is 24.6. The summed E-state index contributed by atoms with van der Waals surface area (Å²) in [6.45, 7) is 7.95. The van der Waals surface area contributed by atoms with Gasteiger partial charge in [0.15, 0.2) is 0 Å². The summed E-state index contributed by atoms with van der Waals surface area (Å²) in [6.07, 6.45) is 1.64. The second-order valence-corrected chi connectivity index (χ2v) is 10.3. The van der Waals surface area contributed by atoms with Crippen LogP contribution >= 0.6 is 0 Å². The molecule has 1 N–H and O–H groups in total. The van der Waals surface area contributed by atoms with E-state index >= 15 is 0 Å². The Morgan fingerprint density at radius 3 is 2.09 bits per heavy atom. The Hall–Kier alpha value is -2.87. The van der Waals surface area contributed by atoms with Crippen LogP contribution in [0, 0.1) is 0 Å². The number of likely N-dealkylation sites (N-methyl/N-ethyl adjacent to an activating group) is 1. The highest BCUT2D eigenvalue weighted by atomic mass is 32.2. The van der Waals surface area contributed by atoms with Gasteiger partial charge in [-0.15, -0.1) is 0 Å². The lowest BCUT2D eigenvalue weighted by Crippen LogP contribution is -2.52. The predicted molar refractivity (Wildman–Crippen MR) is 133 cm³/mol. The van der Waals surface area contributed by atoms with E-state index in [9.17, 15) is 18.0 Å². The molecule has 0 heterocycles. The molecule has 0 spiro atoms. The largest absolute Gasteiger partial charge is 0.355 e. The third kappa shape index (κ3) is 7.60. The van der Waals surface area contributed by atoms with E-state index in [0.717, 1.165) is 21.7 Å². The number of anilines is 1. The van der Waals surface area contributed by atoms with Crippen molar-refractivity contribution in [2.24, 2.45) is 0 Å². The fourth-order valence-corrected chi connectivity index (χ4v) is 4.38. The first-order valence-corrected chi connectivity index (χ1v) is 13.1. The highest BCUT2D eigenvalue weighted by molar-refractivity contribution is 7.92. The molecule has 0 fully saturated rings. The standard InChI is InChI=1S/C25H35N3O4S/c1-6-26-25(30)20(4)27(17-16-21-10-8-7-9-11-21)24(29)18-28(33(5,31)32)23-14-12-22(13-15-23)19(2)3/h7-15,19-20H,6,16-18H2,1-5H3,(H,26,30)/t20-/m1/s1. The summed E-state index contributed by atoms with van der Waals surface area (Å²) in [7, 11) is -3.72. The third-order valence-electron chi connectivity index (χ3n) is 5.53. The van der Waals surface area contributed by atoms with Crippen molar-refractivity contribution in [3.05, 3.63) is 65.7 Å². The molecule has 180 valence electrons. The number of nitrogens with zero attached hydrogens (tertiary/aromatic N) is 2. The van der Waals surface area contributed by atoms with Gasteiger partial charge in [0.25, 0.3) is 0 Å². The highest BCUT2D eigenvalue weighted by Crippen LogP contribution is 2.22. The lowest BCUT2D eigenvalue weighted by molar-refractivity contribution is -0.138. The van der Waals surface area contributed by atoms with Crippen molar-refractivity contribution in [1.29, 1.82) is 0 Å². The van der Waals surface area contributed by atoms with Crippen LogP contribution < -0.4 is 9.62 Å². The van der Waals surface area contributed by atoms with Crippen LogP contribution in [0.3, 0.4) is 0 Å². The summed E-state index contributed by atoms with van der Waals surface area (Å²) in [4.78, 5) is 27.3. The van der Waals surface area contributed by atoms with Crippen LogP contribution in [0.15, 0.2) is 54.6 Å². The number of carbonyl (C=O) groups is 2. The molecule has 2 aromatic rings. The summed E-state index contributed by atoms with van der Waals surface area (Å²) in [6, 6.07) is 16.1. The van der Waals surface area contributed by atoms with Gasteiger partial charge in [-0.2, -0.15) is 0 Å². The maximum absolute atomic E-state index is 13.4. The number of sulfonamides is 1. The molecule has 2 rings (SSSR count). The molecule has 8 heteroatoms. The molecule has 0 aliphatic rings. The Morgan fingerprint density at radius 2 is 1.58 bits per heavy atom. The van der Waals surface area contributed by atoms with Gasteiger partial charge in [-0.1, -0.05) is 56.3 Å². The highest BCUT2D eigenvalue weighted by Gasteiger charge is 2.29. The van der Waals surface area contributed by atoms with E-state index in [1.807, 2.05) is 49.4 Å². The summed E-state index contributed by atoms with van der Waals surface area (Å²) in [5.41, 5.74) is 2.53. The van der Waals surface area contributed by atoms with E-state index in [0.29, 0.717) is 31.1 Å². The SMILES string of the molecule is CCNC(=O)[C@@H](C)N(CCc1ccccc1)C(=O)CN(c1ccc(C(C)C)cc1)S(C)(=O)=O. The Labute approximate surface area is 197 Å². The fourth-order valence-electron chi connectivity index (χ4n) is 3.53. The van der Waals surface area contributed by atoms with E-state index < -0.39 is 22.0 Å². The average molecular weight is 474 g/mol. The number of hydrogen-bond acceptors (Lipinski definition) is 4. The van der Waals surface area contributed by atoms with Crippen molar-refractivity contribution >= 4 is 27.5 Å². The zero-order valence-corrected chi connectivity index (χ0v) is 20.9. The van der Waals surface area contributed by atoms with Crippen LogP contribution in [0.4, 0.5) is 5.69 Å². The molecule has 33 heavy (non-hydrogen) atoms. The smallest absolute Gasteiger partial charge is 0.244 e. The van der Waals surface area contributed by atoms with Gasteiger partial charge in [0, 0.05) is 13.1 Å². The van der Waals surface area contributed by atoms with Crippen LogP contribution in [-0.2, 0) is 26.0 Å². The molecule has 1 atom stereocenters. The predicted octanol–water partition coefficient (Wildman–Crippen LogP) is 3.17. The van der Waals surface area contributed by atoms with E-state index in [2.05, 4.69) is 19.2 Å². The first-order chi connectivity index (χ1) is 15.5. The molecule has 0 radical (unpaired) electrons. The summed E-state index contributed by atoms with van der Waals surface area (Å²) >= 11 is 0. The summed E-state index contributed by atoms with van der Waals surface area (Å²) in [5, 5.41) is 2.75. The van der Waals surface area contributed by atoms with Gasteiger partial charge < -0.3 is 10.2 Å². The number of benzene rings is 2. The van der Waals surface area contributed by atoms with Crippen molar-refractivity contribution in [2.45, 2.75) is 46.1 Å². The lowest BCUT2D eigenvalue weighted by atomic mass is 10.0. The molecule has 7 nitrogen and oxygen atoms in total. The fraction of sp³-hybridized carbons (Fsp3) is 0.440. The molecule has 0 saturated heterocycles. The Bertz CT molecular complexity index is 1020. The minimum Gasteiger partial charge on any atom is -0.355 e. The molecule has 0 aliphatic heterocycles. The van der Waals surface area contributed by atoms with Crippen molar-refractivity contribution in [3.63, 3.8) is 0 Å². The monoisotopic (exact) mass is 473 g/mol. The number of amides is 2. The van der Waals surface area contributed by atoms with Gasteiger partial charge in [-0.05, 0) is 49.4 Å². The van der Waals surface area contributed by atoms with E-state index in [-0.39, 0.29) is 12.5 Å². The minimum atomic E-state index is -3.72. The van der Waals surface area contributed by atoms with E-state index in [1.165, 1.54) is 4.90 Å². The maximum Gasteiger partial charge on any atom is 0.244 e. The minimum absolute atomic E-state index is 0.272. The van der Waals surface area contributed by atoms with Crippen molar-refractivity contribution in [1.82, 2.24) is 10.2 Å². The Kier molecular flexibility index (Phi) is 9.46.